The third kappa shape index (κ3) is 3.01. The zero-order valence-electron chi connectivity index (χ0n) is 15.2. The molecule has 0 spiro atoms. The fourth-order valence-corrected chi connectivity index (χ4v) is 3.04. The molecule has 3 N–H and O–H groups in total. The van der Waals surface area contributed by atoms with Gasteiger partial charge < -0.3 is 20.0 Å². The third-order valence-electron chi connectivity index (χ3n) is 4.36. The van der Waals surface area contributed by atoms with Crippen molar-refractivity contribution in [2.45, 2.75) is 20.8 Å². The summed E-state index contributed by atoms with van der Waals surface area (Å²) in [6.45, 7) is 5.33. The number of ether oxygens (including phenoxy) is 1. The standard InChI is InChI=1S/C18H17N3O.C2H4O2/c1-10-6-12-9-21-16-5-4-13(22-3)8-15(16)20-18(19)17(21)14(12)7-11(10)2;1-2(3)4/h4-9H,1-3H3,(H2,19,20);1H3,(H,3,4). The molecule has 0 saturated carbocycles. The maximum atomic E-state index is 9.00. The van der Waals surface area contributed by atoms with E-state index in [1.54, 1.807) is 7.11 Å². The van der Waals surface area contributed by atoms with Crippen LogP contribution in [0.4, 0.5) is 5.82 Å². The number of fused-ring (bicyclic) bond motifs is 5. The summed E-state index contributed by atoms with van der Waals surface area (Å²) in [6.07, 6.45) is 2.13. The Balaban J connectivity index is 0.000000447. The first kappa shape index (κ1) is 17.5. The number of aromatic nitrogens is 2. The van der Waals surface area contributed by atoms with E-state index in [0.29, 0.717) is 5.82 Å². The second-order valence-corrected chi connectivity index (χ2v) is 6.24. The summed E-state index contributed by atoms with van der Waals surface area (Å²) in [4.78, 5) is 13.6. The molecule has 6 heteroatoms. The van der Waals surface area contributed by atoms with Crippen molar-refractivity contribution in [2.75, 3.05) is 12.8 Å². The topological polar surface area (TPSA) is 89.8 Å². The number of carboxylic acids is 1. The number of aliphatic carboxylic acids is 1. The van der Waals surface area contributed by atoms with Gasteiger partial charge in [-0.15, -0.1) is 0 Å². The van der Waals surface area contributed by atoms with E-state index in [0.717, 1.165) is 34.6 Å². The summed E-state index contributed by atoms with van der Waals surface area (Å²) in [7, 11) is 1.65. The molecule has 134 valence electrons. The van der Waals surface area contributed by atoms with Crippen LogP contribution in [0.15, 0.2) is 36.5 Å². The van der Waals surface area contributed by atoms with Crippen LogP contribution in [-0.4, -0.2) is 27.6 Å². The average Bonchev–Trinajstić information content (AvgIpc) is 2.93. The molecule has 0 atom stereocenters. The third-order valence-corrected chi connectivity index (χ3v) is 4.36. The molecule has 2 aromatic heterocycles. The van der Waals surface area contributed by atoms with E-state index in [1.165, 1.54) is 16.5 Å². The lowest BCUT2D eigenvalue weighted by molar-refractivity contribution is -0.134. The lowest BCUT2D eigenvalue weighted by Gasteiger charge is -2.07. The fourth-order valence-electron chi connectivity index (χ4n) is 3.04. The minimum absolute atomic E-state index is 0.541. The van der Waals surface area contributed by atoms with Gasteiger partial charge >= 0.3 is 0 Å². The summed E-state index contributed by atoms with van der Waals surface area (Å²) < 4.78 is 7.40. The molecule has 0 saturated heterocycles. The van der Waals surface area contributed by atoms with Crippen molar-refractivity contribution in [3.8, 4) is 5.75 Å². The van der Waals surface area contributed by atoms with E-state index < -0.39 is 5.97 Å². The molecule has 6 nitrogen and oxygen atoms in total. The quantitative estimate of drug-likeness (QED) is 0.542. The first-order valence-corrected chi connectivity index (χ1v) is 8.16. The molecule has 0 fully saturated rings. The maximum Gasteiger partial charge on any atom is 0.300 e. The van der Waals surface area contributed by atoms with Crippen LogP contribution in [0, 0.1) is 13.8 Å². The van der Waals surface area contributed by atoms with E-state index in [1.807, 2.05) is 18.2 Å². The van der Waals surface area contributed by atoms with Gasteiger partial charge in [0.2, 0.25) is 0 Å². The Bertz CT molecular complexity index is 1140. The molecule has 0 radical (unpaired) electrons. The van der Waals surface area contributed by atoms with Gasteiger partial charge in [-0.3, -0.25) is 4.79 Å². The SMILES string of the molecule is CC(=O)O.COc1ccc2c(c1)nc(N)c1c3cc(C)c(C)cc3cn21. The summed E-state index contributed by atoms with van der Waals surface area (Å²) >= 11 is 0. The number of aryl methyl sites for hydroxylation is 2. The number of carboxylic acid groups (broad SMARTS) is 1. The van der Waals surface area contributed by atoms with Gasteiger partial charge in [0.05, 0.1) is 23.7 Å². The number of anilines is 1. The molecule has 0 bridgehead atoms. The zero-order chi connectivity index (χ0) is 19.0. The molecular formula is C20H21N3O3. The van der Waals surface area contributed by atoms with Crippen LogP contribution in [0.25, 0.3) is 27.3 Å². The van der Waals surface area contributed by atoms with Crippen molar-refractivity contribution in [1.82, 2.24) is 9.38 Å². The summed E-state index contributed by atoms with van der Waals surface area (Å²) in [5, 5.41) is 9.74. The summed E-state index contributed by atoms with van der Waals surface area (Å²) in [5.41, 5.74) is 11.6. The maximum absolute atomic E-state index is 9.00. The lowest BCUT2D eigenvalue weighted by Crippen LogP contribution is -1.98. The van der Waals surface area contributed by atoms with Gasteiger partial charge in [-0.1, -0.05) is 0 Å². The molecular weight excluding hydrogens is 330 g/mol. The molecule has 2 aromatic carbocycles. The minimum atomic E-state index is -0.833. The van der Waals surface area contributed by atoms with E-state index in [9.17, 15) is 0 Å². The average molecular weight is 351 g/mol. The second-order valence-electron chi connectivity index (χ2n) is 6.24. The van der Waals surface area contributed by atoms with Crippen molar-refractivity contribution in [3.63, 3.8) is 0 Å². The smallest absolute Gasteiger partial charge is 0.300 e. The summed E-state index contributed by atoms with van der Waals surface area (Å²) in [6, 6.07) is 10.3. The Morgan fingerprint density at radius 3 is 2.50 bits per heavy atom. The van der Waals surface area contributed by atoms with E-state index in [4.69, 9.17) is 20.4 Å². The Morgan fingerprint density at radius 1 is 1.19 bits per heavy atom. The van der Waals surface area contributed by atoms with Crippen LogP contribution in [0.1, 0.15) is 18.1 Å². The Kier molecular flexibility index (Phi) is 4.42. The highest BCUT2D eigenvalue weighted by atomic mass is 16.5. The molecule has 2 heterocycles. The molecule has 0 amide bonds. The predicted molar refractivity (Wildman–Crippen MR) is 104 cm³/mol. The number of carbonyl (C=O) groups is 1. The highest BCUT2D eigenvalue weighted by Gasteiger charge is 2.12. The number of hydrogen-bond donors (Lipinski definition) is 2. The van der Waals surface area contributed by atoms with Crippen LogP contribution in [0.5, 0.6) is 5.75 Å². The Labute approximate surface area is 150 Å². The number of benzene rings is 2. The van der Waals surface area contributed by atoms with Crippen molar-refractivity contribution < 1.29 is 14.6 Å². The highest BCUT2D eigenvalue weighted by Crippen LogP contribution is 2.32. The Hall–Kier alpha value is -3.28. The second kappa shape index (κ2) is 6.55. The lowest BCUT2D eigenvalue weighted by atomic mass is 10.1. The molecule has 0 unspecified atom stereocenters. The van der Waals surface area contributed by atoms with Gasteiger partial charge in [0.25, 0.3) is 5.97 Å². The van der Waals surface area contributed by atoms with Gasteiger partial charge in [0.15, 0.2) is 0 Å². The van der Waals surface area contributed by atoms with Crippen molar-refractivity contribution in [2.24, 2.45) is 0 Å². The van der Waals surface area contributed by atoms with Crippen molar-refractivity contribution in [3.05, 3.63) is 47.7 Å². The predicted octanol–water partition coefficient (Wildman–Crippen LogP) is 3.94. The number of nitrogens with two attached hydrogens (primary N) is 1. The number of methoxy groups -OCH3 is 1. The molecule has 0 aliphatic heterocycles. The van der Waals surface area contributed by atoms with Crippen LogP contribution in [0.3, 0.4) is 0 Å². The molecule has 0 aliphatic carbocycles. The summed E-state index contributed by atoms with van der Waals surface area (Å²) in [5.74, 6) is 0.487. The van der Waals surface area contributed by atoms with E-state index in [2.05, 4.69) is 41.6 Å². The molecule has 4 aromatic rings. The number of nitrogens with zero attached hydrogens (tertiary/aromatic N) is 2. The monoisotopic (exact) mass is 351 g/mol. The zero-order valence-corrected chi connectivity index (χ0v) is 15.2. The largest absolute Gasteiger partial charge is 0.497 e. The minimum Gasteiger partial charge on any atom is -0.497 e. The van der Waals surface area contributed by atoms with Crippen LogP contribution in [0.2, 0.25) is 0 Å². The normalized spacial score (nSPS) is 10.8. The molecule has 4 rings (SSSR count). The number of nitrogen functional groups attached to an aromatic ring is 1. The van der Waals surface area contributed by atoms with Gasteiger partial charge in [0.1, 0.15) is 11.6 Å². The van der Waals surface area contributed by atoms with Gasteiger partial charge in [0, 0.05) is 30.0 Å². The van der Waals surface area contributed by atoms with E-state index in [-0.39, 0.29) is 0 Å². The van der Waals surface area contributed by atoms with Gasteiger partial charge in [-0.2, -0.15) is 0 Å². The highest BCUT2D eigenvalue weighted by molar-refractivity contribution is 6.05. The van der Waals surface area contributed by atoms with Crippen molar-refractivity contribution >= 4 is 39.1 Å². The van der Waals surface area contributed by atoms with Crippen LogP contribution in [-0.2, 0) is 4.79 Å². The number of hydrogen-bond acceptors (Lipinski definition) is 4. The first-order valence-electron chi connectivity index (χ1n) is 8.16. The van der Waals surface area contributed by atoms with Crippen LogP contribution >= 0.6 is 0 Å². The first-order chi connectivity index (χ1) is 12.3. The van der Waals surface area contributed by atoms with E-state index >= 15 is 0 Å². The van der Waals surface area contributed by atoms with Crippen molar-refractivity contribution in [1.29, 1.82) is 0 Å². The molecule has 0 aliphatic rings. The Morgan fingerprint density at radius 2 is 1.85 bits per heavy atom. The van der Waals surface area contributed by atoms with Gasteiger partial charge in [-0.25, -0.2) is 4.98 Å². The fraction of sp³-hybridized carbons (Fsp3) is 0.200. The van der Waals surface area contributed by atoms with Crippen LogP contribution < -0.4 is 10.5 Å². The number of rotatable bonds is 1. The van der Waals surface area contributed by atoms with Gasteiger partial charge in [-0.05, 0) is 49.2 Å². The molecule has 26 heavy (non-hydrogen) atoms.